The third-order valence-corrected chi connectivity index (χ3v) is 4.99. The molecule has 142 valence electrons. The van der Waals surface area contributed by atoms with E-state index in [0.717, 1.165) is 24.1 Å². The van der Waals surface area contributed by atoms with Gasteiger partial charge in [0, 0.05) is 31.7 Å². The summed E-state index contributed by atoms with van der Waals surface area (Å²) in [6.07, 6.45) is 0.844. The van der Waals surface area contributed by atoms with Crippen molar-refractivity contribution in [3.63, 3.8) is 0 Å². The Kier molecular flexibility index (Phi) is 6.48. The van der Waals surface area contributed by atoms with Gasteiger partial charge in [-0.2, -0.15) is 0 Å². The van der Waals surface area contributed by atoms with Gasteiger partial charge in [0.25, 0.3) is 5.91 Å². The summed E-state index contributed by atoms with van der Waals surface area (Å²) in [4.78, 5) is 29.0. The van der Waals surface area contributed by atoms with E-state index in [0.29, 0.717) is 30.3 Å². The first-order chi connectivity index (χ1) is 13.0. The molecular formula is C21H24ClN3O2. The van der Waals surface area contributed by atoms with Gasteiger partial charge in [-0.3, -0.25) is 14.5 Å². The Morgan fingerprint density at radius 2 is 1.85 bits per heavy atom. The van der Waals surface area contributed by atoms with Crippen molar-refractivity contribution in [1.29, 1.82) is 0 Å². The van der Waals surface area contributed by atoms with Gasteiger partial charge in [0.05, 0.1) is 17.3 Å². The first-order valence-corrected chi connectivity index (χ1v) is 9.53. The van der Waals surface area contributed by atoms with Crippen molar-refractivity contribution in [3.05, 3.63) is 64.7 Å². The molecule has 2 aromatic rings. The maximum Gasteiger partial charge on any atom is 0.253 e. The number of carbonyl (C=O) groups is 2. The molecule has 0 bridgehead atoms. The number of nitrogens with zero attached hydrogens (tertiary/aromatic N) is 2. The predicted octanol–water partition coefficient (Wildman–Crippen LogP) is 3.44. The van der Waals surface area contributed by atoms with Gasteiger partial charge in [-0.15, -0.1) is 0 Å². The average Bonchev–Trinajstić information content (AvgIpc) is 2.88. The van der Waals surface area contributed by atoms with Crippen LogP contribution in [0.2, 0.25) is 5.02 Å². The molecule has 6 heteroatoms. The largest absolute Gasteiger partial charge is 0.337 e. The Labute approximate surface area is 164 Å². The van der Waals surface area contributed by atoms with Crippen molar-refractivity contribution in [1.82, 2.24) is 9.80 Å². The summed E-state index contributed by atoms with van der Waals surface area (Å²) in [5.74, 6) is -0.0392. The molecule has 1 aliphatic heterocycles. The lowest BCUT2D eigenvalue weighted by atomic mass is 10.1. The topological polar surface area (TPSA) is 52.7 Å². The minimum atomic E-state index is -0.0958. The second-order valence-corrected chi connectivity index (χ2v) is 7.23. The monoisotopic (exact) mass is 385 g/mol. The number of para-hydroxylation sites is 1. The first-order valence-electron chi connectivity index (χ1n) is 9.15. The standard InChI is InChI=1S/C21H24ClN3O2/c1-16-6-4-7-17(14-16)21(27)25-11-5-10-24(12-13-25)15-20(26)23-19-9-3-2-8-18(19)22/h2-4,6-9,14H,5,10-13,15H2,1H3,(H,23,26). The Morgan fingerprint density at radius 1 is 1.04 bits per heavy atom. The Balaban J connectivity index is 1.54. The number of hydrogen-bond acceptors (Lipinski definition) is 3. The summed E-state index contributed by atoms with van der Waals surface area (Å²) in [7, 11) is 0. The number of anilines is 1. The third-order valence-electron chi connectivity index (χ3n) is 4.66. The highest BCUT2D eigenvalue weighted by atomic mass is 35.5. The van der Waals surface area contributed by atoms with Gasteiger partial charge in [0.15, 0.2) is 0 Å². The molecule has 0 aliphatic carbocycles. The van der Waals surface area contributed by atoms with Crippen LogP contribution in [0.5, 0.6) is 0 Å². The summed E-state index contributed by atoms with van der Waals surface area (Å²) in [5.41, 5.74) is 2.42. The van der Waals surface area contributed by atoms with Crippen molar-refractivity contribution in [2.75, 3.05) is 38.0 Å². The van der Waals surface area contributed by atoms with Gasteiger partial charge >= 0.3 is 0 Å². The van der Waals surface area contributed by atoms with E-state index in [9.17, 15) is 9.59 Å². The van der Waals surface area contributed by atoms with Crippen molar-refractivity contribution in [3.8, 4) is 0 Å². The number of halogens is 1. The minimum absolute atomic E-state index is 0.0565. The lowest BCUT2D eigenvalue weighted by molar-refractivity contribution is -0.117. The molecule has 0 unspecified atom stereocenters. The van der Waals surface area contributed by atoms with Crippen molar-refractivity contribution < 1.29 is 9.59 Å². The quantitative estimate of drug-likeness (QED) is 0.877. The summed E-state index contributed by atoms with van der Waals surface area (Å²) < 4.78 is 0. The number of hydrogen-bond donors (Lipinski definition) is 1. The van der Waals surface area contributed by atoms with E-state index in [2.05, 4.69) is 10.2 Å². The van der Waals surface area contributed by atoms with Gasteiger partial charge in [0.1, 0.15) is 0 Å². The van der Waals surface area contributed by atoms with Crippen LogP contribution in [0.15, 0.2) is 48.5 Å². The van der Waals surface area contributed by atoms with Gasteiger partial charge in [-0.25, -0.2) is 0 Å². The van der Waals surface area contributed by atoms with Gasteiger partial charge in [-0.05, 0) is 37.6 Å². The summed E-state index contributed by atoms with van der Waals surface area (Å²) in [6.45, 7) is 5.05. The van der Waals surface area contributed by atoms with Gasteiger partial charge < -0.3 is 10.2 Å². The highest BCUT2D eigenvalue weighted by Crippen LogP contribution is 2.20. The van der Waals surface area contributed by atoms with Crippen LogP contribution in [0.1, 0.15) is 22.3 Å². The van der Waals surface area contributed by atoms with Crippen LogP contribution in [0.3, 0.4) is 0 Å². The van der Waals surface area contributed by atoms with E-state index < -0.39 is 0 Å². The summed E-state index contributed by atoms with van der Waals surface area (Å²) in [6, 6.07) is 14.9. The Hall–Kier alpha value is -2.37. The SMILES string of the molecule is Cc1cccc(C(=O)N2CCCN(CC(=O)Nc3ccccc3Cl)CC2)c1. The smallest absolute Gasteiger partial charge is 0.253 e. The lowest BCUT2D eigenvalue weighted by Crippen LogP contribution is -2.38. The molecule has 1 fully saturated rings. The van der Waals surface area contributed by atoms with Crippen LogP contribution in [0.4, 0.5) is 5.69 Å². The molecule has 1 N–H and O–H groups in total. The molecular weight excluding hydrogens is 362 g/mol. The van der Waals surface area contributed by atoms with E-state index in [1.165, 1.54) is 0 Å². The molecule has 0 atom stereocenters. The highest BCUT2D eigenvalue weighted by molar-refractivity contribution is 6.33. The maximum atomic E-state index is 12.7. The van der Waals surface area contributed by atoms with Crippen LogP contribution in [-0.4, -0.2) is 54.3 Å². The number of aryl methyl sites for hydroxylation is 1. The predicted molar refractivity (Wildman–Crippen MR) is 108 cm³/mol. The zero-order valence-corrected chi connectivity index (χ0v) is 16.2. The second kappa shape index (κ2) is 9.02. The fourth-order valence-electron chi connectivity index (χ4n) is 3.25. The average molecular weight is 386 g/mol. The van der Waals surface area contributed by atoms with Crippen molar-refractivity contribution in [2.24, 2.45) is 0 Å². The number of nitrogens with one attached hydrogen (secondary N) is 1. The zero-order chi connectivity index (χ0) is 19.2. The highest BCUT2D eigenvalue weighted by Gasteiger charge is 2.21. The zero-order valence-electron chi connectivity index (χ0n) is 15.5. The molecule has 2 aromatic carbocycles. The van der Waals surface area contributed by atoms with Crippen LogP contribution < -0.4 is 5.32 Å². The number of benzene rings is 2. The van der Waals surface area contributed by atoms with E-state index >= 15 is 0 Å². The molecule has 5 nitrogen and oxygen atoms in total. The maximum absolute atomic E-state index is 12.7. The van der Waals surface area contributed by atoms with Crippen molar-refractivity contribution >= 4 is 29.1 Å². The molecule has 0 aromatic heterocycles. The summed E-state index contributed by atoms with van der Waals surface area (Å²) in [5, 5.41) is 3.38. The molecule has 1 heterocycles. The molecule has 2 amide bonds. The first kappa shape index (κ1) is 19.4. The molecule has 1 saturated heterocycles. The molecule has 27 heavy (non-hydrogen) atoms. The fourth-order valence-corrected chi connectivity index (χ4v) is 3.43. The molecule has 0 saturated carbocycles. The Bertz CT molecular complexity index is 825. The van der Waals surface area contributed by atoms with Crippen LogP contribution in [0, 0.1) is 6.92 Å². The molecule has 1 aliphatic rings. The van der Waals surface area contributed by atoms with Crippen LogP contribution >= 0.6 is 11.6 Å². The number of carbonyl (C=O) groups excluding carboxylic acids is 2. The van der Waals surface area contributed by atoms with Crippen molar-refractivity contribution in [2.45, 2.75) is 13.3 Å². The van der Waals surface area contributed by atoms with E-state index in [1.54, 1.807) is 12.1 Å². The van der Waals surface area contributed by atoms with E-state index in [1.807, 2.05) is 48.2 Å². The fraction of sp³-hybridized carbons (Fsp3) is 0.333. The number of amides is 2. The van der Waals surface area contributed by atoms with Gasteiger partial charge in [0.2, 0.25) is 5.91 Å². The van der Waals surface area contributed by atoms with Crippen LogP contribution in [0.25, 0.3) is 0 Å². The minimum Gasteiger partial charge on any atom is -0.337 e. The number of rotatable bonds is 4. The lowest BCUT2D eigenvalue weighted by Gasteiger charge is -2.22. The molecule has 0 radical (unpaired) electrons. The molecule has 0 spiro atoms. The normalized spacial score (nSPS) is 15.3. The summed E-state index contributed by atoms with van der Waals surface area (Å²) >= 11 is 6.09. The van der Waals surface area contributed by atoms with E-state index in [4.69, 9.17) is 11.6 Å². The molecule has 3 rings (SSSR count). The third kappa shape index (κ3) is 5.31. The van der Waals surface area contributed by atoms with E-state index in [-0.39, 0.29) is 18.4 Å². The second-order valence-electron chi connectivity index (χ2n) is 6.82. The van der Waals surface area contributed by atoms with Crippen LogP contribution in [-0.2, 0) is 4.79 Å². The van der Waals surface area contributed by atoms with Gasteiger partial charge in [-0.1, -0.05) is 41.4 Å². The Morgan fingerprint density at radius 3 is 2.63 bits per heavy atom.